The highest BCUT2D eigenvalue weighted by molar-refractivity contribution is 5.73. The molecule has 0 aliphatic rings. The van der Waals surface area contributed by atoms with Gasteiger partial charge in [0.2, 0.25) is 0 Å². The first-order valence-electron chi connectivity index (χ1n) is 4.94. The fourth-order valence-electron chi connectivity index (χ4n) is 1.48. The van der Waals surface area contributed by atoms with Gasteiger partial charge >= 0.3 is 0 Å². The molecule has 2 aromatic rings. The molecule has 0 N–H and O–H groups in total. The zero-order valence-electron chi connectivity index (χ0n) is 8.55. The second kappa shape index (κ2) is 4.09. The van der Waals surface area contributed by atoms with Crippen LogP contribution in [-0.2, 0) is 6.42 Å². The number of aldehydes is 1. The van der Waals surface area contributed by atoms with E-state index in [-0.39, 0.29) is 0 Å². The zero-order valence-corrected chi connectivity index (χ0v) is 8.55. The first kappa shape index (κ1) is 9.65. The molecule has 0 bridgehead atoms. The van der Waals surface area contributed by atoms with Crippen LogP contribution >= 0.6 is 0 Å². The Morgan fingerprint density at radius 3 is 2.67 bits per heavy atom. The predicted molar refractivity (Wildman–Crippen MR) is 58.3 cm³/mol. The molecule has 1 aromatic carbocycles. The normalized spacial score (nSPS) is 10.2. The number of hydrogen-bond donors (Lipinski definition) is 0. The number of aryl methyl sites for hydroxylation is 1. The second-order valence-electron chi connectivity index (χ2n) is 3.28. The number of para-hydroxylation sites is 1. The summed E-state index contributed by atoms with van der Waals surface area (Å²) in [6.07, 6.45) is 1.67. The van der Waals surface area contributed by atoms with Crippen LogP contribution in [0.3, 0.4) is 0 Å². The minimum Gasteiger partial charge on any atom is -0.296 e. The fraction of sp³-hybridized carbons (Fsp3) is 0.167. The zero-order chi connectivity index (χ0) is 10.7. The quantitative estimate of drug-likeness (QED) is 0.712. The molecule has 1 aromatic heterocycles. The summed E-state index contributed by atoms with van der Waals surface area (Å²) in [4.78, 5) is 10.9. The highest BCUT2D eigenvalue weighted by atomic mass is 16.1. The van der Waals surface area contributed by atoms with Crippen molar-refractivity contribution in [3.05, 3.63) is 47.8 Å². The van der Waals surface area contributed by atoms with Crippen molar-refractivity contribution in [2.24, 2.45) is 0 Å². The van der Waals surface area contributed by atoms with E-state index >= 15 is 0 Å². The molecule has 0 aliphatic carbocycles. The van der Waals surface area contributed by atoms with Crippen molar-refractivity contribution in [3.8, 4) is 5.69 Å². The molecule has 0 amide bonds. The molecular formula is C12H12N2O. The molecule has 0 fully saturated rings. The van der Waals surface area contributed by atoms with Crippen LogP contribution in [0.1, 0.15) is 23.1 Å². The molecule has 0 unspecified atom stereocenters. The smallest absolute Gasteiger partial charge is 0.168 e. The lowest BCUT2D eigenvalue weighted by molar-refractivity contribution is 0.111. The molecule has 2 rings (SSSR count). The van der Waals surface area contributed by atoms with E-state index in [9.17, 15) is 4.79 Å². The summed E-state index contributed by atoms with van der Waals surface area (Å²) in [5.74, 6) is 0. The summed E-state index contributed by atoms with van der Waals surface area (Å²) in [6.45, 7) is 2.02. The fourth-order valence-corrected chi connectivity index (χ4v) is 1.48. The summed E-state index contributed by atoms with van der Waals surface area (Å²) in [7, 11) is 0. The number of aromatic nitrogens is 2. The highest BCUT2D eigenvalue weighted by Crippen LogP contribution is 2.11. The Kier molecular flexibility index (Phi) is 2.63. The average Bonchev–Trinajstić information content (AvgIpc) is 2.73. The van der Waals surface area contributed by atoms with Crippen LogP contribution in [0.5, 0.6) is 0 Å². The van der Waals surface area contributed by atoms with Gasteiger partial charge in [0, 0.05) is 0 Å². The largest absolute Gasteiger partial charge is 0.296 e. The number of hydrogen-bond acceptors (Lipinski definition) is 2. The molecule has 3 heteroatoms. The van der Waals surface area contributed by atoms with Crippen LogP contribution in [0, 0.1) is 0 Å². The Hall–Kier alpha value is -1.90. The van der Waals surface area contributed by atoms with E-state index in [4.69, 9.17) is 0 Å². The third-order valence-electron chi connectivity index (χ3n) is 2.27. The Bertz CT molecular complexity index is 460. The molecule has 0 saturated carbocycles. The molecule has 3 nitrogen and oxygen atoms in total. The maximum Gasteiger partial charge on any atom is 0.168 e. The van der Waals surface area contributed by atoms with Gasteiger partial charge < -0.3 is 0 Å². The van der Waals surface area contributed by atoms with Gasteiger partial charge in [-0.2, -0.15) is 5.10 Å². The van der Waals surface area contributed by atoms with Crippen LogP contribution < -0.4 is 0 Å². The van der Waals surface area contributed by atoms with Crippen molar-refractivity contribution in [2.75, 3.05) is 0 Å². The molecule has 0 radical (unpaired) electrons. The molecule has 0 aliphatic heterocycles. The number of carbonyl (C=O) groups is 1. The van der Waals surface area contributed by atoms with Crippen LogP contribution in [0.15, 0.2) is 36.4 Å². The van der Waals surface area contributed by atoms with Crippen molar-refractivity contribution in [3.63, 3.8) is 0 Å². The van der Waals surface area contributed by atoms with Gasteiger partial charge in [-0.25, -0.2) is 4.68 Å². The van der Waals surface area contributed by atoms with E-state index < -0.39 is 0 Å². The maximum atomic E-state index is 10.9. The van der Waals surface area contributed by atoms with Crippen molar-refractivity contribution in [1.82, 2.24) is 9.78 Å². The average molecular weight is 200 g/mol. The van der Waals surface area contributed by atoms with E-state index in [0.717, 1.165) is 24.1 Å². The lowest BCUT2D eigenvalue weighted by atomic mass is 10.3. The second-order valence-corrected chi connectivity index (χ2v) is 3.28. The minimum atomic E-state index is 0.595. The third kappa shape index (κ3) is 1.81. The van der Waals surface area contributed by atoms with E-state index in [1.807, 2.05) is 43.3 Å². The van der Waals surface area contributed by atoms with E-state index in [1.165, 1.54) is 0 Å². The Morgan fingerprint density at radius 2 is 2.07 bits per heavy atom. The van der Waals surface area contributed by atoms with Gasteiger partial charge in [0.25, 0.3) is 0 Å². The third-order valence-corrected chi connectivity index (χ3v) is 2.27. The topological polar surface area (TPSA) is 34.9 Å². The summed E-state index contributed by atoms with van der Waals surface area (Å²) in [5.41, 5.74) is 2.44. The lowest BCUT2D eigenvalue weighted by Crippen LogP contribution is -2.00. The predicted octanol–water partition coefficient (Wildman–Crippen LogP) is 2.25. The molecule has 1 heterocycles. The Balaban J connectivity index is 2.52. The minimum absolute atomic E-state index is 0.595. The molecule has 76 valence electrons. The molecule has 0 spiro atoms. The molecule has 0 saturated heterocycles. The van der Waals surface area contributed by atoms with E-state index in [0.29, 0.717) is 5.69 Å². The molecule has 15 heavy (non-hydrogen) atoms. The van der Waals surface area contributed by atoms with Gasteiger partial charge in [0.15, 0.2) is 6.29 Å². The summed E-state index contributed by atoms with van der Waals surface area (Å²) < 4.78 is 1.67. The van der Waals surface area contributed by atoms with Gasteiger partial charge in [-0.15, -0.1) is 0 Å². The van der Waals surface area contributed by atoms with Crippen LogP contribution in [-0.4, -0.2) is 16.1 Å². The summed E-state index contributed by atoms with van der Waals surface area (Å²) in [6, 6.07) is 11.5. The van der Waals surface area contributed by atoms with Crippen molar-refractivity contribution >= 4 is 6.29 Å². The summed E-state index contributed by atoms with van der Waals surface area (Å²) >= 11 is 0. The monoisotopic (exact) mass is 200 g/mol. The Morgan fingerprint density at radius 1 is 1.33 bits per heavy atom. The van der Waals surface area contributed by atoms with Crippen molar-refractivity contribution in [1.29, 1.82) is 0 Å². The van der Waals surface area contributed by atoms with Crippen LogP contribution in [0.2, 0.25) is 0 Å². The number of benzene rings is 1. The van der Waals surface area contributed by atoms with Gasteiger partial charge in [-0.05, 0) is 24.6 Å². The van der Waals surface area contributed by atoms with Crippen molar-refractivity contribution in [2.45, 2.75) is 13.3 Å². The van der Waals surface area contributed by atoms with Crippen LogP contribution in [0.25, 0.3) is 5.69 Å². The standard InChI is InChI=1S/C12H12N2O/c1-2-10-8-12(9-15)14(13-10)11-6-4-3-5-7-11/h3-9H,2H2,1H3. The number of carbonyl (C=O) groups excluding carboxylic acids is 1. The Labute approximate surface area is 88.4 Å². The SMILES string of the molecule is CCc1cc(C=O)n(-c2ccccc2)n1. The van der Waals surface area contributed by atoms with Gasteiger partial charge in [-0.3, -0.25) is 4.79 Å². The molecular weight excluding hydrogens is 188 g/mol. The van der Waals surface area contributed by atoms with Crippen LogP contribution in [0.4, 0.5) is 0 Å². The lowest BCUT2D eigenvalue weighted by Gasteiger charge is -2.01. The first-order chi connectivity index (χ1) is 7.35. The maximum absolute atomic E-state index is 10.9. The highest BCUT2D eigenvalue weighted by Gasteiger charge is 2.06. The number of rotatable bonds is 3. The van der Waals surface area contributed by atoms with Crippen molar-refractivity contribution < 1.29 is 4.79 Å². The van der Waals surface area contributed by atoms with Gasteiger partial charge in [-0.1, -0.05) is 25.1 Å². The van der Waals surface area contributed by atoms with E-state index in [1.54, 1.807) is 4.68 Å². The van der Waals surface area contributed by atoms with Gasteiger partial charge in [0.1, 0.15) is 5.69 Å². The first-order valence-corrected chi connectivity index (χ1v) is 4.94. The van der Waals surface area contributed by atoms with Gasteiger partial charge in [0.05, 0.1) is 11.4 Å². The summed E-state index contributed by atoms with van der Waals surface area (Å²) in [5, 5.41) is 4.36. The number of nitrogens with zero attached hydrogens (tertiary/aromatic N) is 2. The molecule has 0 atom stereocenters. The van der Waals surface area contributed by atoms with E-state index in [2.05, 4.69) is 5.10 Å².